The molecule has 0 fully saturated rings. The fraction of sp³-hybridized carbons (Fsp3) is 0.250. The molecular formula is C4H9N3O. The van der Waals surface area contributed by atoms with Gasteiger partial charge < -0.3 is 16.8 Å². The van der Waals surface area contributed by atoms with Crippen molar-refractivity contribution < 1.29 is 4.79 Å². The number of primary amides is 1. The van der Waals surface area contributed by atoms with E-state index in [-0.39, 0.29) is 0 Å². The lowest BCUT2D eigenvalue weighted by molar-refractivity contribution is 0.247. The molecule has 0 spiro atoms. The molecule has 0 aromatic carbocycles. The van der Waals surface area contributed by atoms with Crippen LogP contribution in [0.4, 0.5) is 4.79 Å². The molecule has 4 nitrogen and oxygen atoms in total. The van der Waals surface area contributed by atoms with Gasteiger partial charge in [-0.1, -0.05) is 12.7 Å². The Morgan fingerprint density at radius 3 is 2.50 bits per heavy atom. The first-order valence-corrected chi connectivity index (χ1v) is 2.11. The van der Waals surface area contributed by atoms with E-state index < -0.39 is 12.2 Å². The normalized spacial score (nSPS) is 12.1. The lowest BCUT2D eigenvalue weighted by Gasteiger charge is -2.03. The highest BCUT2D eigenvalue weighted by Gasteiger charge is 1.94. The number of amides is 2. The van der Waals surface area contributed by atoms with Crippen molar-refractivity contribution in [2.45, 2.75) is 6.17 Å². The molecule has 0 heterocycles. The van der Waals surface area contributed by atoms with Gasteiger partial charge in [-0.05, 0) is 0 Å². The summed E-state index contributed by atoms with van der Waals surface area (Å²) in [5.41, 5.74) is 9.83. The van der Waals surface area contributed by atoms with Crippen LogP contribution in [0.1, 0.15) is 0 Å². The van der Waals surface area contributed by atoms with Gasteiger partial charge in [0.05, 0.1) is 6.17 Å². The highest BCUT2D eigenvalue weighted by atomic mass is 16.2. The summed E-state index contributed by atoms with van der Waals surface area (Å²) in [5, 5.41) is 2.19. The van der Waals surface area contributed by atoms with Crippen LogP contribution < -0.4 is 16.8 Å². The third-order valence-corrected chi connectivity index (χ3v) is 0.563. The molecular weight excluding hydrogens is 106 g/mol. The predicted molar refractivity (Wildman–Crippen MR) is 30.9 cm³/mol. The topological polar surface area (TPSA) is 81.1 Å². The van der Waals surface area contributed by atoms with Crippen molar-refractivity contribution in [2.24, 2.45) is 11.5 Å². The van der Waals surface area contributed by atoms with E-state index in [0.717, 1.165) is 0 Å². The van der Waals surface area contributed by atoms with Crippen molar-refractivity contribution in [3.63, 3.8) is 0 Å². The number of urea groups is 1. The van der Waals surface area contributed by atoms with Crippen molar-refractivity contribution in [3.05, 3.63) is 12.7 Å². The van der Waals surface area contributed by atoms with Crippen molar-refractivity contribution in [1.29, 1.82) is 0 Å². The first-order chi connectivity index (χ1) is 3.66. The Balaban J connectivity index is 3.38. The van der Waals surface area contributed by atoms with E-state index in [2.05, 4.69) is 11.9 Å². The molecule has 5 N–H and O–H groups in total. The van der Waals surface area contributed by atoms with Crippen LogP contribution in [0.15, 0.2) is 12.7 Å². The molecule has 0 aliphatic rings. The first kappa shape index (κ1) is 6.97. The lowest BCUT2D eigenvalue weighted by atomic mass is 10.5. The van der Waals surface area contributed by atoms with Crippen LogP contribution in [-0.4, -0.2) is 12.2 Å². The van der Waals surface area contributed by atoms with Crippen molar-refractivity contribution in [2.75, 3.05) is 0 Å². The van der Waals surface area contributed by atoms with E-state index in [1.165, 1.54) is 6.08 Å². The highest BCUT2D eigenvalue weighted by molar-refractivity contribution is 5.72. The summed E-state index contributed by atoms with van der Waals surface area (Å²) in [6.45, 7) is 3.32. The van der Waals surface area contributed by atoms with Gasteiger partial charge in [-0.25, -0.2) is 4.79 Å². The molecule has 1 atom stereocenters. The van der Waals surface area contributed by atoms with E-state index in [1.807, 2.05) is 0 Å². The summed E-state index contributed by atoms with van der Waals surface area (Å²) in [4.78, 5) is 9.95. The minimum absolute atomic E-state index is 0.535. The Morgan fingerprint density at radius 1 is 1.88 bits per heavy atom. The Kier molecular flexibility index (Phi) is 2.64. The van der Waals surface area contributed by atoms with E-state index in [1.54, 1.807) is 0 Å². The zero-order valence-electron chi connectivity index (χ0n) is 4.42. The van der Waals surface area contributed by atoms with Gasteiger partial charge >= 0.3 is 6.03 Å². The lowest BCUT2D eigenvalue weighted by Crippen LogP contribution is -2.42. The fourth-order valence-corrected chi connectivity index (χ4v) is 0.223. The van der Waals surface area contributed by atoms with Gasteiger partial charge in [-0.2, -0.15) is 0 Å². The fourth-order valence-electron chi connectivity index (χ4n) is 0.223. The van der Waals surface area contributed by atoms with Crippen molar-refractivity contribution in [1.82, 2.24) is 5.32 Å². The van der Waals surface area contributed by atoms with Crippen molar-refractivity contribution in [3.8, 4) is 0 Å². The zero-order valence-corrected chi connectivity index (χ0v) is 4.42. The molecule has 0 radical (unpaired) electrons. The molecule has 0 rings (SSSR count). The van der Waals surface area contributed by atoms with E-state index in [4.69, 9.17) is 11.5 Å². The maximum Gasteiger partial charge on any atom is 0.313 e. The molecule has 0 bridgehead atoms. The van der Waals surface area contributed by atoms with Crippen LogP contribution in [0.5, 0.6) is 0 Å². The van der Waals surface area contributed by atoms with Crippen LogP contribution in [0.2, 0.25) is 0 Å². The smallest absolute Gasteiger partial charge is 0.313 e. The summed E-state index contributed by atoms with van der Waals surface area (Å²) >= 11 is 0. The molecule has 0 aliphatic carbocycles. The van der Waals surface area contributed by atoms with Gasteiger partial charge in [0.25, 0.3) is 0 Å². The Labute approximate surface area is 47.5 Å². The van der Waals surface area contributed by atoms with Crippen molar-refractivity contribution >= 4 is 6.03 Å². The molecule has 0 saturated carbocycles. The predicted octanol–water partition coefficient (Wildman–Crippen LogP) is -0.874. The maximum atomic E-state index is 9.95. The number of hydrogen-bond donors (Lipinski definition) is 3. The number of carbonyl (C=O) groups excluding carboxylic acids is 1. The van der Waals surface area contributed by atoms with Gasteiger partial charge in [0.15, 0.2) is 0 Å². The Morgan fingerprint density at radius 2 is 2.38 bits per heavy atom. The summed E-state index contributed by atoms with van der Waals surface area (Å²) in [6, 6.07) is -0.641. The molecule has 0 aromatic rings. The Hall–Kier alpha value is -1.03. The zero-order chi connectivity index (χ0) is 6.57. The van der Waals surface area contributed by atoms with Gasteiger partial charge in [0, 0.05) is 0 Å². The van der Waals surface area contributed by atoms with E-state index >= 15 is 0 Å². The summed E-state index contributed by atoms with van der Waals surface area (Å²) in [7, 11) is 0. The van der Waals surface area contributed by atoms with Crippen LogP contribution in [0, 0.1) is 0 Å². The quantitative estimate of drug-likeness (QED) is 0.323. The van der Waals surface area contributed by atoms with Gasteiger partial charge in [0.1, 0.15) is 0 Å². The number of nitrogens with two attached hydrogens (primary N) is 2. The van der Waals surface area contributed by atoms with Gasteiger partial charge in [-0.15, -0.1) is 0 Å². The van der Waals surface area contributed by atoms with Crippen LogP contribution in [0.3, 0.4) is 0 Å². The summed E-state index contributed by atoms with van der Waals surface area (Å²) in [6.07, 6.45) is 0.845. The summed E-state index contributed by atoms with van der Waals surface area (Å²) < 4.78 is 0. The third kappa shape index (κ3) is 3.17. The number of carbonyl (C=O) groups is 1. The van der Waals surface area contributed by atoms with Crippen LogP contribution in [-0.2, 0) is 0 Å². The molecule has 4 heteroatoms. The second-order valence-electron chi connectivity index (χ2n) is 1.27. The molecule has 2 amide bonds. The largest absolute Gasteiger partial charge is 0.352 e. The van der Waals surface area contributed by atoms with E-state index in [9.17, 15) is 4.79 Å². The molecule has 46 valence electrons. The number of rotatable bonds is 2. The maximum absolute atomic E-state index is 9.95. The number of nitrogens with one attached hydrogen (secondary N) is 1. The second kappa shape index (κ2) is 3.04. The Bertz CT molecular complexity index is 101. The highest BCUT2D eigenvalue weighted by Crippen LogP contribution is 1.67. The summed E-state index contributed by atoms with van der Waals surface area (Å²) in [5.74, 6) is 0. The average Bonchev–Trinajstić information content (AvgIpc) is 1.65. The molecule has 1 unspecified atom stereocenters. The average molecular weight is 115 g/mol. The molecule has 0 aliphatic heterocycles. The monoisotopic (exact) mass is 115 g/mol. The molecule has 8 heavy (non-hydrogen) atoms. The third-order valence-electron chi connectivity index (χ3n) is 0.563. The second-order valence-corrected chi connectivity index (χ2v) is 1.27. The van der Waals surface area contributed by atoms with E-state index in [0.29, 0.717) is 0 Å². The minimum Gasteiger partial charge on any atom is -0.352 e. The van der Waals surface area contributed by atoms with Gasteiger partial charge in [-0.3, -0.25) is 0 Å². The molecule has 0 aromatic heterocycles. The standard InChI is InChI=1S/C4H9N3O/c1-2-3(5)7-4(6)8/h2-3H,1,5H2,(H3,6,7,8). The number of hydrogen-bond acceptors (Lipinski definition) is 2. The minimum atomic E-state index is -0.641. The molecule has 0 saturated heterocycles. The van der Waals surface area contributed by atoms with Crippen LogP contribution in [0.25, 0.3) is 0 Å². The van der Waals surface area contributed by atoms with Crippen LogP contribution >= 0.6 is 0 Å². The first-order valence-electron chi connectivity index (χ1n) is 2.11. The SMILES string of the molecule is C=CC(N)NC(N)=O. The van der Waals surface area contributed by atoms with Gasteiger partial charge in [0.2, 0.25) is 0 Å².